The smallest absolute Gasteiger partial charge is 0.330 e. The van der Waals surface area contributed by atoms with E-state index in [4.69, 9.17) is 4.74 Å². The second-order valence-electron chi connectivity index (χ2n) is 6.98. The number of fused-ring (bicyclic) bond motifs is 3. The van der Waals surface area contributed by atoms with Crippen LogP contribution >= 0.6 is 11.3 Å². The van der Waals surface area contributed by atoms with E-state index in [-0.39, 0.29) is 25.2 Å². The lowest BCUT2D eigenvalue weighted by molar-refractivity contribution is -0.137. The fraction of sp³-hybridized carbons (Fsp3) is 0.273. The van der Waals surface area contributed by atoms with Gasteiger partial charge in [0, 0.05) is 29.1 Å². The van der Waals surface area contributed by atoms with Gasteiger partial charge in [0.1, 0.15) is 17.0 Å². The summed E-state index contributed by atoms with van der Waals surface area (Å²) in [5.41, 5.74) is 1.94. The Balaban J connectivity index is 1.57. The van der Waals surface area contributed by atoms with Crippen molar-refractivity contribution in [1.29, 1.82) is 0 Å². The Morgan fingerprint density at radius 3 is 2.81 bits per heavy atom. The van der Waals surface area contributed by atoms with Gasteiger partial charge in [0.25, 0.3) is 0 Å². The molecule has 31 heavy (non-hydrogen) atoms. The molecule has 0 fully saturated rings. The summed E-state index contributed by atoms with van der Waals surface area (Å²) in [6.07, 6.45) is 3.89. The van der Waals surface area contributed by atoms with Gasteiger partial charge in [-0.2, -0.15) is 0 Å². The van der Waals surface area contributed by atoms with E-state index in [0.717, 1.165) is 32.3 Å². The molecule has 0 aliphatic carbocycles. The number of ether oxygens (including phenoxy) is 1. The number of carbonyl (C=O) groups is 2. The first kappa shape index (κ1) is 21.0. The van der Waals surface area contributed by atoms with Gasteiger partial charge < -0.3 is 20.1 Å². The molecule has 3 heterocycles. The van der Waals surface area contributed by atoms with Crippen LogP contribution in [0.15, 0.2) is 48.8 Å². The highest BCUT2D eigenvalue weighted by molar-refractivity contribution is 7.19. The van der Waals surface area contributed by atoms with Gasteiger partial charge in [0.2, 0.25) is 5.91 Å². The number of anilines is 1. The first-order valence-corrected chi connectivity index (χ1v) is 10.7. The summed E-state index contributed by atoms with van der Waals surface area (Å²) >= 11 is 1.52. The number of hydrogen-bond donors (Lipinski definition) is 2. The number of hydrogen-bond acceptors (Lipinski definition) is 8. The summed E-state index contributed by atoms with van der Waals surface area (Å²) < 4.78 is 4.82. The van der Waals surface area contributed by atoms with Crippen molar-refractivity contribution in [2.45, 2.75) is 26.1 Å². The molecule has 0 saturated heterocycles. The molecule has 2 N–H and O–H groups in total. The fourth-order valence-electron chi connectivity index (χ4n) is 3.54. The molecular weight excluding hydrogens is 416 g/mol. The van der Waals surface area contributed by atoms with Crippen LogP contribution < -0.4 is 5.32 Å². The maximum Gasteiger partial charge on any atom is 0.330 e. The van der Waals surface area contributed by atoms with Gasteiger partial charge in [-0.1, -0.05) is 30.3 Å². The average molecular weight is 439 g/mol. The molecular formula is C22H22N4O4S. The lowest BCUT2D eigenvalue weighted by Crippen LogP contribution is -2.23. The van der Waals surface area contributed by atoms with Crippen molar-refractivity contribution >= 4 is 39.2 Å². The van der Waals surface area contributed by atoms with Crippen LogP contribution in [0.25, 0.3) is 10.2 Å². The minimum absolute atomic E-state index is 0.0922. The summed E-state index contributed by atoms with van der Waals surface area (Å²) in [6, 6.07) is 9.34. The molecule has 0 spiro atoms. The zero-order chi connectivity index (χ0) is 21.8. The van der Waals surface area contributed by atoms with Gasteiger partial charge in [0.15, 0.2) is 0 Å². The second kappa shape index (κ2) is 9.23. The molecule has 4 rings (SSSR count). The van der Waals surface area contributed by atoms with Crippen molar-refractivity contribution < 1.29 is 19.4 Å². The molecule has 8 nitrogen and oxygen atoms in total. The third-order valence-electron chi connectivity index (χ3n) is 5.01. The third kappa shape index (κ3) is 4.42. The van der Waals surface area contributed by atoms with Crippen LogP contribution in [0.2, 0.25) is 0 Å². The highest BCUT2D eigenvalue weighted by atomic mass is 32.1. The second-order valence-corrected chi connectivity index (χ2v) is 8.06. The highest BCUT2D eigenvalue weighted by Crippen LogP contribution is 2.40. The van der Waals surface area contributed by atoms with Gasteiger partial charge >= 0.3 is 5.97 Å². The van der Waals surface area contributed by atoms with E-state index >= 15 is 0 Å². The molecule has 1 atom stereocenters. The van der Waals surface area contributed by atoms with Crippen molar-refractivity contribution in [1.82, 2.24) is 14.9 Å². The zero-order valence-corrected chi connectivity index (χ0v) is 17.8. The van der Waals surface area contributed by atoms with Crippen molar-refractivity contribution in [3.8, 4) is 0 Å². The average Bonchev–Trinajstić information content (AvgIpc) is 3.35. The topological polar surface area (TPSA) is 105 Å². The molecule has 160 valence electrons. The van der Waals surface area contributed by atoms with Crippen LogP contribution in [0, 0.1) is 0 Å². The number of aromatic nitrogens is 2. The molecule has 3 aromatic rings. The van der Waals surface area contributed by atoms with Gasteiger partial charge in [-0.25, -0.2) is 14.8 Å². The molecule has 1 aliphatic rings. The maximum absolute atomic E-state index is 12.5. The molecule has 1 amide bonds. The van der Waals surface area contributed by atoms with Crippen molar-refractivity contribution in [3.63, 3.8) is 0 Å². The van der Waals surface area contributed by atoms with Gasteiger partial charge in [-0.15, -0.1) is 11.3 Å². The number of amides is 1. The van der Waals surface area contributed by atoms with E-state index in [1.54, 1.807) is 11.8 Å². The number of nitrogens with zero attached hydrogens (tertiary/aromatic N) is 3. The van der Waals surface area contributed by atoms with Crippen LogP contribution in [-0.2, 0) is 27.4 Å². The number of nitrogens with one attached hydrogen (secondary N) is 1. The molecule has 0 unspecified atom stereocenters. The van der Waals surface area contributed by atoms with Gasteiger partial charge in [-0.3, -0.25) is 4.79 Å². The summed E-state index contributed by atoms with van der Waals surface area (Å²) in [4.78, 5) is 36.3. The van der Waals surface area contributed by atoms with Crippen LogP contribution in [0.4, 0.5) is 5.82 Å². The first-order chi connectivity index (χ1) is 15.1. The van der Waals surface area contributed by atoms with Crippen molar-refractivity contribution in [2.75, 3.05) is 18.5 Å². The molecule has 2 aromatic heterocycles. The van der Waals surface area contributed by atoms with Crippen LogP contribution in [0.5, 0.6) is 0 Å². The molecule has 9 heteroatoms. The maximum atomic E-state index is 12.5. The molecule has 1 aromatic carbocycles. The first-order valence-electron chi connectivity index (χ1n) is 9.92. The highest BCUT2D eigenvalue weighted by Gasteiger charge is 2.29. The van der Waals surface area contributed by atoms with Gasteiger partial charge in [0.05, 0.1) is 31.2 Å². The van der Waals surface area contributed by atoms with E-state index in [2.05, 4.69) is 15.3 Å². The number of esters is 1. The summed E-state index contributed by atoms with van der Waals surface area (Å²) in [6.45, 7) is 2.73. The quantitative estimate of drug-likeness (QED) is 0.432. The Bertz CT molecular complexity index is 1130. The zero-order valence-electron chi connectivity index (χ0n) is 16.9. The van der Waals surface area contributed by atoms with Crippen LogP contribution in [0.3, 0.4) is 0 Å². The summed E-state index contributed by atoms with van der Waals surface area (Å²) in [5.74, 6) is -0.165. The van der Waals surface area contributed by atoms with E-state index in [0.29, 0.717) is 18.9 Å². The summed E-state index contributed by atoms with van der Waals surface area (Å²) in [5, 5.41) is 14.1. The van der Waals surface area contributed by atoms with Crippen molar-refractivity contribution in [3.05, 3.63) is 64.8 Å². The van der Waals surface area contributed by atoms with E-state index in [9.17, 15) is 14.7 Å². The number of aliphatic hydroxyl groups is 1. The number of rotatable bonds is 7. The number of benzene rings is 1. The largest absolute Gasteiger partial charge is 0.463 e. The van der Waals surface area contributed by atoms with Gasteiger partial charge in [-0.05, 0) is 12.5 Å². The number of aliphatic hydroxyl groups excluding tert-OH is 1. The predicted octanol–water partition coefficient (Wildman–Crippen LogP) is 2.80. The molecule has 0 radical (unpaired) electrons. The van der Waals surface area contributed by atoms with Crippen LogP contribution in [-0.4, -0.2) is 45.1 Å². The Labute approximate surface area is 183 Å². The lowest BCUT2D eigenvalue weighted by Gasteiger charge is -2.18. The Kier molecular flexibility index (Phi) is 6.24. The van der Waals surface area contributed by atoms with E-state index < -0.39 is 5.97 Å². The van der Waals surface area contributed by atoms with E-state index in [1.165, 1.54) is 23.7 Å². The predicted molar refractivity (Wildman–Crippen MR) is 117 cm³/mol. The standard InChI is InChI=1S/C22H22N4O4S/c1-2-30-19(29)9-8-18(28)26-10-15-17(11-26)31-22-20(15)21(23-13-24-22)25-16(12-27)14-6-4-3-5-7-14/h3-9,13,16,27H,2,10-12H2,1H3,(H,23,24,25)/t16-/m1/s1. The minimum Gasteiger partial charge on any atom is -0.463 e. The molecule has 1 aliphatic heterocycles. The van der Waals surface area contributed by atoms with Crippen molar-refractivity contribution in [2.24, 2.45) is 0 Å². The minimum atomic E-state index is -0.536. The Morgan fingerprint density at radius 2 is 2.06 bits per heavy atom. The SMILES string of the molecule is CCOC(=O)C=CC(=O)N1Cc2sc3ncnc(N[C@H](CO)c4ccccc4)c3c2C1. The number of carbonyl (C=O) groups excluding carboxylic acids is 2. The Hall–Kier alpha value is -3.30. The fourth-order valence-corrected chi connectivity index (χ4v) is 4.70. The Morgan fingerprint density at radius 1 is 1.26 bits per heavy atom. The normalized spacial score (nSPS) is 14.1. The van der Waals surface area contributed by atoms with E-state index in [1.807, 2.05) is 30.3 Å². The molecule has 0 bridgehead atoms. The van der Waals surface area contributed by atoms with Crippen LogP contribution in [0.1, 0.15) is 29.0 Å². The third-order valence-corrected chi connectivity index (χ3v) is 6.13. The lowest BCUT2D eigenvalue weighted by atomic mass is 10.1. The monoisotopic (exact) mass is 438 g/mol. The summed E-state index contributed by atoms with van der Waals surface area (Å²) in [7, 11) is 0. The number of thiophene rings is 1. The molecule has 0 saturated carbocycles.